The van der Waals surface area contributed by atoms with E-state index in [4.69, 9.17) is 4.74 Å². The molecule has 0 radical (unpaired) electrons. The molecular weight excluding hydrogens is 416 g/mol. The first kappa shape index (κ1) is 20.8. The molecule has 1 spiro atoms. The Bertz CT molecular complexity index is 1200. The number of hydrogen-bond acceptors (Lipinski definition) is 6. The lowest BCUT2D eigenvalue weighted by Gasteiger charge is -2.39. The van der Waals surface area contributed by atoms with Crippen molar-refractivity contribution in [2.45, 2.75) is 38.9 Å². The molecule has 9 heteroatoms. The molecule has 0 bridgehead atoms. The van der Waals surface area contributed by atoms with Gasteiger partial charge in [0.25, 0.3) is 0 Å². The summed E-state index contributed by atoms with van der Waals surface area (Å²) in [5, 5.41) is 16.9. The van der Waals surface area contributed by atoms with Crippen LogP contribution in [-0.2, 0) is 11.3 Å². The lowest BCUT2D eigenvalue weighted by Crippen LogP contribution is -2.41. The van der Waals surface area contributed by atoms with E-state index in [1.54, 1.807) is 0 Å². The van der Waals surface area contributed by atoms with Crippen LogP contribution in [-0.4, -0.2) is 51.1 Å². The van der Waals surface area contributed by atoms with E-state index in [9.17, 15) is 13.9 Å². The Morgan fingerprint density at radius 2 is 1.97 bits per heavy atom. The molecule has 0 saturated carbocycles. The summed E-state index contributed by atoms with van der Waals surface area (Å²) < 4.78 is 33.5. The van der Waals surface area contributed by atoms with E-state index in [1.165, 1.54) is 6.07 Å². The third-order valence-electron chi connectivity index (χ3n) is 6.38. The highest BCUT2D eigenvalue weighted by Crippen LogP contribution is 2.42. The predicted molar refractivity (Wildman–Crippen MR) is 114 cm³/mol. The standard InChI is InChI=1S/C23H23F2N5O2/c1-14-11-23(13-32-14)7-9-30(10-8-23)22-19(12-31)26-20-18(28-29-21(20)27-22)6-5-15-16(24)3-2-4-17(15)25/h2-4,14,31H,7-13H2,1H3,(H,27,28,29)/t14-/m0/s1. The number of fused-ring (bicyclic) bond motifs is 1. The number of halogens is 2. The molecule has 5 rings (SSSR count). The minimum absolute atomic E-state index is 0.226. The predicted octanol–water partition coefficient (Wildman–Crippen LogP) is 2.92. The number of anilines is 1. The maximum absolute atomic E-state index is 13.9. The van der Waals surface area contributed by atoms with E-state index in [2.05, 4.69) is 43.8 Å². The van der Waals surface area contributed by atoms with Crippen LogP contribution in [0.25, 0.3) is 11.2 Å². The second kappa shape index (κ2) is 8.11. The maximum Gasteiger partial charge on any atom is 0.202 e. The molecule has 2 N–H and O–H groups in total. The third-order valence-corrected chi connectivity index (χ3v) is 6.38. The van der Waals surface area contributed by atoms with Gasteiger partial charge in [-0.3, -0.25) is 5.10 Å². The van der Waals surface area contributed by atoms with E-state index in [1.807, 2.05) is 0 Å². The van der Waals surface area contributed by atoms with Gasteiger partial charge in [0, 0.05) is 13.1 Å². The molecule has 166 valence electrons. The van der Waals surface area contributed by atoms with Gasteiger partial charge in [-0.05, 0) is 49.7 Å². The third kappa shape index (κ3) is 3.70. The van der Waals surface area contributed by atoms with Crippen molar-refractivity contribution < 1.29 is 18.6 Å². The highest BCUT2D eigenvalue weighted by Gasteiger charge is 2.41. The Kier molecular flexibility index (Phi) is 5.27. The van der Waals surface area contributed by atoms with E-state index in [-0.39, 0.29) is 23.3 Å². The molecule has 1 aromatic carbocycles. The molecule has 3 aromatic rings. The largest absolute Gasteiger partial charge is 0.390 e. The summed E-state index contributed by atoms with van der Waals surface area (Å²) in [6.07, 6.45) is 3.36. The number of hydrogen-bond donors (Lipinski definition) is 2. The first-order valence-corrected chi connectivity index (χ1v) is 10.7. The normalized spacial score (nSPS) is 20.0. The molecule has 0 aliphatic carbocycles. The average molecular weight is 439 g/mol. The second-order valence-electron chi connectivity index (χ2n) is 8.58. The topological polar surface area (TPSA) is 87.2 Å². The van der Waals surface area contributed by atoms with Crippen molar-refractivity contribution in [1.29, 1.82) is 0 Å². The molecule has 2 aliphatic heterocycles. The highest BCUT2D eigenvalue weighted by atomic mass is 19.1. The van der Waals surface area contributed by atoms with Gasteiger partial charge in [-0.15, -0.1) is 0 Å². The van der Waals surface area contributed by atoms with Gasteiger partial charge in [0.2, 0.25) is 5.65 Å². The summed E-state index contributed by atoms with van der Waals surface area (Å²) in [6, 6.07) is 3.58. The van der Waals surface area contributed by atoms with Crippen LogP contribution < -0.4 is 4.90 Å². The fraction of sp³-hybridized carbons (Fsp3) is 0.435. The summed E-state index contributed by atoms with van der Waals surface area (Å²) in [7, 11) is 0. The van der Waals surface area contributed by atoms with Gasteiger partial charge in [-0.25, -0.2) is 18.7 Å². The Hall–Kier alpha value is -3.09. The van der Waals surface area contributed by atoms with E-state index >= 15 is 0 Å². The zero-order valence-electron chi connectivity index (χ0n) is 17.7. The summed E-state index contributed by atoms with van der Waals surface area (Å²) >= 11 is 0. The number of aliphatic hydroxyl groups is 1. The number of piperidine rings is 1. The van der Waals surface area contributed by atoms with Crippen molar-refractivity contribution in [3.8, 4) is 11.8 Å². The number of ether oxygens (including phenoxy) is 1. The Labute approximate surface area is 183 Å². The van der Waals surface area contributed by atoms with Crippen LogP contribution in [0.3, 0.4) is 0 Å². The quantitative estimate of drug-likeness (QED) is 0.597. The first-order valence-electron chi connectivity index (χ1n) is 10.7. The fourth-order valence-corrected chi connectivity index (χ4v) is 4.64. The SMILES string of the molecule is C[C@H]1CC2(CCN(c3nc4n[nH]c(C#Cc5c(F)cccc5F)c4nc3CO)CC2)CO1. The zero-order valence-corrected chi connectivity index (χ0v) is 17.7. The fourth-order valence-electron chi connectivity index (χ4n) is 4.64. The number of nitrogens with one attached hydrogen (secondary N) is 1. The van der Waals surface area contributed by atoms with Crippen LogP contribution in [0.4, 0.5) is 14.6 Å². The number of nitrogens with zero attached hydrogens (tertiary/aromatic N) is 4. The van der Waals surface area contributed by atoms with Gasteiger partial charge in [0.15, 0.2) is 5.82 Å². The van der Waals surface area contributed by atoms with Crippen LogP contribution in [0, 0.1) is 28.9 Å². The molecule has 2 saturated heterocycles. The summed E-state index contributed by atoms with van der Waals surface area (Å²) in [5.74, 6) is 4.32. The molecule has 1 atom stereocenters. The van der Waals surface area contributed by atoms with Crippen LogP contribution in [0.1, 0.15) is 43.1 Å². The zero-order chi connectivity index (χ0) is 22.3. The molecular formula is C23H23F2N5O2. The van der Waals surface area contributed by atoms with E-state index in [0.717, 1.165) is 51.1 Å². The molecule has 0 amide bonds. The van der Waals surface area contributed by atoms with Gasteiger partial charge in [-0.1, -0.05) is 12.0 Å². The Morgan fingerprint density at radius 3 is 2.62 bits per heavy atom. The van der Waals surface area contributed by atoms with Crippen molar-refractivity contribution in [1.82, 2.24) is 20.2 Å². The molecule has 2 fully saturated rings. The minimum Gasteiger partial charge on any atom is -0.390 e. The van der Waals surface area contributed by atoms with Gasteiger partial charge in [0.1, 0.15) is 28.5 Å². The highest BCUT2D eigenvalue weighted by molar-refractivity contribution is 5.78. The van der Waals surface area contributed by atoms with Crippen LogP contribution in [0.5, 0.6) is 0 Å². The molecule has 2 aromatic heterocycles. The number of H-pyrrole nitrogens is 1. The first-order chi connectivity index (χ1) is 15.5. The number of aromatic amines is 1. The van der Waals surface area contributed by atoms with Gasteiger partial charge >= 0.3 is 0 Å². The Morgan fingerprint density at radius 1 is 1.22 bits per heavy atom. The van der Waals surface area contributed by atoms with Gasteiger partial charge in [-0.2, -0.15) is 5.10 Å². The van der Waals surface area contributed by atoms with Crippen molar-refractivity contribution in [3.63, 3.8) is 0 Å². The lowest BCUT2D eigenvalue weighted by molar-refractivity contribution is 0.0975. The summed E-state index contributed by atoms with van der Waals surface area (Å²) in [6.45, 7) is 4.21. The molecule has 32 heavy (non-hydrogen) atoms. The van der Waals surface area contributed by atoms with Crippen molar-refractivity contribution in [3.05, 3.63) is 46.8 Å². The van der Waals surface area contributed by atoms with Crippen LogP contribution in [0.2, 0.25) is 0 Å². The van der Waals surface area contributed by atoms with Crippen LogP contribution >= 0.6 is 0 Å². The van der Waals surface area contributed by atoms with Gasteiger partial charge in [0.05, 0.1) is 24.9 Å². The molecule has 2 aliphatic rings. The van der Waals surface area contributed by atoms with Crippen molar-refractivity contribution in [2.24, 2.45) is 5.41 Å². The smallest absolute Gasteiger partial charge is 0.202 e. The average Bonchev–Trinajstić information content (AvgIpc) is 3.36. The monoisotopic (exact) mass is 439 g/mol. The minimum atomic E-state index is -0.740. The van der Waals surface area contributed by atoms with Crippen LogP contribution in [0.15, 0.2) is 18.2 Å². The number of aromatic nitrogens is 4. The van der Waals surface area contributed by atoms with Crippen molar-refractivity contribution in [2.75, 3.05) is 24.6 Å². The van der Waals surface area contributed by atoms with E-state index in [0.29, 0.717) is 28.8 Å². The van der Waals surface area contributed by atoms with Crippen molar-refractivity contribution >= 4 is 17.0 Å². The number of rotatable bonds is 2. The summed E-state index contributed by atoms with van der Waals surface area (Å²) in [4.78, 5) is 11.3. The molecule has 0 unspecified atom stereocenters. The number of aliphatic hydroxyl groups excluding tert-OH is 1. The second-order valence-corrected chi connectivity index (χ2v) is 8.58. The lowest BCUT2D eigenvalue weighted by atomic mass is 9.77. The maximum atomic E-state index is 13.9. The molecule has 4 heterocycles. The Balaban J connectivity index is 1.43. The molecule has 7 nitrogen and oxygen atoms in total. The summed E-state index contributed by atoms with van der Waals surface area (Å²) in [5.41, 5.74) is 1.30. The van der Waals surface area contributed by atoms with E-state index < -0.39 is 11.6 Å². The number of benzene rings is 1. The van der Waals surface area contributed by atoms with Gasteiger partial charge < -0.3 is 14.7 Å².